The van der Waals surface area contributed by atoms with Gasteiger partial charge in [-0.2, -0.15) is 0 Å². The van der Waals surface area contributed by atoms with Crippen LogP contribution in [0.3, 0.4) is 0 Å². The summed E-state index contributed by atoms with van der Waals surface area (Å²) in [5.41, 5.74) is 3.58. The summed E-state index contributed by atoms with van der Waals surface area (Å²) in [7, 11) is 0. The van der Waals surface area contributed by atoms with Crippen molar-refractivity contribution in [1.29, 1.82) is 0 Å². The molecule has 0 fully saturated rings. The second kappa shape index (κ2) is 9.15. The van der Waals surface area contributed by atoms with E-state index in [-0.39, 0.29) is 18.1 Å². The van der Waals surface area contributed by atoms with Crippen molar-refractivity contribution in [2.75, 3.05) is 31.6 Å². The van der Waals surface area contributed by atoms with Crippen molar-refractivity contribution in [1.82, 2.24) is 5.32 Å². The molecule has 0 aromatic heterocycles. The maximum absolute atomic E-state index is 9.92. The molecule has 2 aromatic rings. The van der Waals surface area contributed by atoms with Crippen molar-refractivity contribution in [3.8, 4) is 17.2 Å². The van der Waals surface area contributed by atoms with Gasteiger partial charge in [0.2, 0.25) is 0 Å². The zero-order valence-corrected chi connectivity index (χ0v) is 14.6. The summed E-state index contributed by atoms with van der Waals surface area (Å²) in [6, 6.07) is 10.4. The van der Waals surface area contributed by atoms with Crippen LogP contribution in [0.2, 0.25) is 0 Å². The molecule has 0 aliphatic rings. The maximum atomic E-state index is 9.92. The molecular formula is C19H26N2O4. The zero-order valence-electron chi connectivity index (χ0n) is 14.6. The van der Waals surface area contributed by atoms with Crippen LogP contribution in [0.25, 0.3) is 0 Å². The van der Waals surface area contributed by atoms with Crippen molar-refractivity contribution < 1.29 is 20.1 Å². The highest BCUT2D eigenvalue weighted by Gasteiger charge is 2.07. The van der Waals surface area contributed by atoms with E-state index < -0.39 is 6.10 Å². The SMILES string of the molecule is Cc1cccc(C)c1NCCNCC(O)COc1ccc(O)c(O)c1. The first-order valence-electron chi connectivity index (χ1n) is 8.31. The third-order valence-electron chi connectivity index (χ3n) is 3.85. The van der Waals surface area contributed by atoms with Crippen molar-refractivity contribution >= 4 is 5.69 Å². The van der Waals surface area contributed by atoms with Gasteiger partial charge >= 0.3 is 0 Å². The van der Waals surface area contributed by atoms with E-state index >= 15 is 0 Å². The molecule has 0 saturated carbocycles. The number of para-hydroxylation sites is 1. The van der Waals surface area contributed by atoms with E-state index in [1.807, 2.05) is 6.07 Å². The number of aromatic hydroxyl groups is 2. The molecule has 0 amide bonds. The highest BCUT2D eigenvalue weighted by atomic mass is 16.5. The third-order valence-corrected chi connectivity index (χ3v) is 3.85. The Balaban J connectivity index is 1.63. The lowest BCUT2D eigenvalue weighted by atomic mass is 10.1. The number of aliphatic hydroxyl groups excluding tert-OH is 1. The lowest BCUT2D eigenvalue weighted by Gasteiger charge is -2.15. The van der Waals surface area contributed by atoms with Gasteiger partial charge in [0.1, 0.15) is 18.5 Å². The summed E-state index contributed by atoms with van der Waals surface area (Å²) >= 11 is 0. The minimum absolute atomic E-state index is 0.0988. The number of hydrogen-bond acceptors (Lipinski definition) is 6. The lowest BCUT2D eigenvalue weighted by Crippen LogP contribution is -2.34. The van der Waals surface area contributed by atoms with E-state index in [4.69, 9.17) is 4.74 Å². The summed E-state index contributed by atoms with van der Waals surface area (Å²) in [4.78, 5) is 0. The van der Waals surface area contributed by atoms with E-state index in [2.05, 4.69) is 36.6 Å². The largest absolute Gasteiger partial charge is 0.504 e. The number of aliphatic hydroxyl groups is 1. The number of ether oxygens (including phenoxy) is 1. The number of benzene rings is 2. The van der Waals surface area contributed by atoms with Crippen molar-refractivity contribution in [3.05, 3.63) is 47.5 Å². The Morgan fingerprint density at radius 1 is 1.00 bits per heavy atom. The molecule has 1 atom stereocenters. The Morgan fingerprint density at radius 2 is 1.72 bits per heavy atom. The minimum atomic E-state index is -0.670. The lowest BCUT2D eigenvalue weighted by molar-refractivity contribution is 0.106. The average molecular weight is 346 g/mol. The number of rotatable bonds is 9. The Morgan fingerprint density at radius 3 is 2.40 bits per heavy atom. The summed E-state index contributed by atoms with van der Waals surface area (Å²) in [5, 5.41) is 35.1. The molecule has 0 saturated heterocycles. The van der Waals surface area contributed by atoms with Crippen LogP contribution in [0.1, 0.15) is 11.1 Å². The quantitative estimate of drug-likeness (QED) is 0.353. The molecule has 0 spiro atoms. The average Bonchev–Trinajstić information content (AvgIpc) is 2.58. The third kappa shape index (κ3) is 5.85. The van der Waals surface area contributed by atoms with Crippen molar-refractivity contribution in [3.63, 3.8) is 0 Å². The normalized spacial score (nSPS) is 12.0. The van der Waals surface area contributed by atoms with E-state index in [0.29, 0.717) is 18.8 Å². The molecule has 5 N–H and O–H groups in total. The van der Waals surface area contributed by atoms with Gasteiger partial charge in [0, 0.05) is 31.4 Å². The molecule has 1 unspecified atom stereocenters. The summed E-state index contributed by atoms with van der Waals surface area (Å²) < 4.78 is 5.38. The smallest absolute Gasteiger partial charge is 0.161 e. The molecule has 2 rings (SSSR count). The topological polar surface area (TPSA) is 94.0 Å². The molecule has 0 aliphatic carbocycles. The number of phenols is 2. The van der Waals surface area contributed by atoms with Gasteiger partial charge in [-0.25, -0.2) is 0 Å². The van der Waals surface area contributed by atoms with E-state index in [0.717, 1.165) is 12.2 Å². The number of phenolic OH excluding ortho intramolecular Hbond substituents is 2. The predicted molar refractivity (Wildman–Crippen MR) is 98.5 cm³/mol. The van der Waals surface area contributed by atoms with Crippen LogP contribution in [0.4, 0.5) is 5.69 Å². The number of aryl methyl sites for hydroxylation is 2. The molecule has 0 radical (unpaired) electrons. The molecule has 2 aromatic carbocycles. The first-order chi connectivity index (χ1) is 12.0. The first-order valence-corrected chi connectivity index (χ1v) is 8.31. The van der Waals surface area contributed by atoms with Gasteiger partial charge in [0.25, 0.3) is 0 Å². The zero-order chi connectivity index (χ0) is 18.2. The first kappa shape index (κ1) is 18.9. The van der Waals surface area contributed by atoms with Crippen molar-refractivity contribution in [2.24, 2.45) is 0 Å². The van der Waals surface area contributed by atoms with Crippen LogP contribution in [0, 0.1) is 13.8 Å². The van der Waals surface area contributed by atoms with Crippen LogP contribution in [0.15, 0.2) is 36.4 Å². The summed E-state index contributed by atoms with van der Waals surface area (Å²) in [5.74, 6) is -0.0558. The molecular weight excluding hydrogens is 320 g/mol. The van der Waals surface area contributed by atoms with Gasteiger partial charge in [-0.3, -0.25) is 0 Å². The van der Waals surface area contributed by atoms with Crippen LogP contribution < -0.4 is 15.4 Å². The van der Waals surface area contributed by atoms with Crippen LogP contribution in [-0.2, 0) is 0 Å². The highest BCUT2D eigenvalue weighted by Crippen LogP contribution is 2.28. The minimum Gasteiger partial charge on any atom is -0.504 e. The molecule has 0 aliphatic heterocycles. The van der Waals surface area contributed by atoms with Crippen molar-refractivity contribution in [2.45, 2.75) is 20.0 Å². The summed E-state index contributed by atoms with van der Waals surface area (Å²) in [6.45, 7) is 6.12. The van der Waals surface area contributed by atoms with Crippen LogP contribution in [0.5, 0.6) is 17.2 Å². The fourth-order valence-corrected chi connectivity index (χ4v) is 2.48. The van der Waals surface area contributed by atoms with Gasteiger partial charge in [-0.1, -0.05) is 18.2 Å². The van der Waals surface area contributed by atoms with Crippen LogP contribution in [-0.4, -0.2) is 47.7 Å². The molecule has 6 heteroatoms. The molecule has 0 heterocycles. The van der Waals surface area contributed by atoms with E-state index in [1.165, 1.54) is 29.3 Å². The molecule has 6 nitrogen and oxygen atoms in total. The number of anilines is 1. The fraction of sp³-hybridized carbons (Fsp3) is 0.368. The molecule has 136 valence electrons. The van der Waals surface area contributed by atoms with Gasteiger partial charge in [-0.05, 0) is 37.1 Å². The van der Waals surface area contributed by atoms with Gasteiger partial charge in [0.15, 0.2) is 11.5 Å². The second-order valence-corrected chi connectivity index (χ2v) is 6.01. The van der Waals surface area contributed by atoms with Gasteiger partial charge in [-0.15, -0.1) is 0 Å². The second-order valence-electron chi connectivity index (χ2n) is 6.01. The van der Waals surface area contributed by atoms with E-state index in [9.17, 15) is 15.3 Å². The van der Waals surface area contributed by atoms with Gasteiger partial charge < -0.3 is 30.7 Å². The molecule has 0 bridgehead atoms. The summed E-state index contributed by atoms with van der Waals surface area (Å²) in [6.07, 6.45) is -0.670. The standard InChI is InChI=1S/C19H26N2O4/c1-13-4-3-5-14(2)19(13)21-9-8-20-11-15(22)12-25-16-6-7-17(23)18(24)10-16/h3-7,10,15,20-24H,8-9,11-12H2,1-2H3. The predicted octanol–water partition coefficient (Wildman–Crippen LogP) is 2.16. The highest BCUT2D eigenvalue weighted by molar-refractivity contribution is 5.56. The number of hydrogen-bond donors (Lipinski definition) is 5. The Kier molecular flexibility index (Phi) is 6.91. The van der Waals surface area contributed by atoms with Gasteiger partial charge in [0.05, 0.1) is 0 Å². The Bertz CT molecular complexity index is 671. The Labute approximate surface area is 148 Å². The van der Waals surface area contributed by atoms with Crippen LogP contribution >= 0.6 is 0 Å². The maximum Gasteiger partial charge on any atom is 0.161 e. The van der Waals surface area contributed by atoms with E-state index in [1.54, 1.807) is 0 Å². The molecule has 25 heavy (non-hydrogen) atoms. The monoisotopic (exact) mass is 346 g/mol. The number of nitrogens with one attached hydrogen (secondary N) is 2. The fourth-order valence-electron chi connectivity index (χ4n) is 2.48. The Hall–Kier alpha value is -2.44.